The van der Waals surface area contributed by atoms with E-state index in [9.17, 15) is 19.6 Å². The van der Waals surface area contributed by atoms with Crippen molar-refractivity contribution in [3.05, 3.63) is 299 Å². The third-order valence-electron chi connectivity index (χ3n) is 16.3. The van der Waals surface area contributed by atoms with Crippen LogP contribution in [0.25, 0.3) is 41.8 Å². The highest BCUT2D eigenvalue weighted by molar-refractivity contribution is 7.30. The molecule has 15 nitrogen and oxygen atoms in total. The van der Waals surface area contributed by atoms with Crippen LogP contribution in [-0.2, 0) is 14.0 Å². The fourth-order valence-electron chi connectivity index (χ4n) is 11.7. The standard InChI is InChI=1S/3C18H13ClN2OS.C18H12ClNOS.CH4.HO4P.H2/c19-13-3-1-11(2-4-13)14-10-17(22)21-18-15(14)9-16(23-18)12-5-7-20-8-6-12;19-13-3-1-11(2-4-13)15-10-21-18(22)17-14(15)9-16(23-17)12-5-7-20-8-6-12;19-13-3-1-11(2-4-13)14-9-16(21-22)18-15(14)10-17(23-18)12-5-7-20-8-6-12;19-13-3-1-11(2-4-13)14-9-16(21)18-15(14)10-17(22-18)12-5-7-20-8-6-12;;1-4-5(2)3;/h1-9,14H,10H2,(H,21,22);1-9,15H,10H2,(H,21,22);1-8,10,14,22H,9H2;1-8,10,14H,9H2;1H4;1H;1H. The van der Waals surface area contributed by atoms with Crippen molar-refractivity contribution in [3.8, 4) is 41.8 Å². The summed E-state index contributed by atoms with van der Waals surface area (Å²) < 4.78 is 11.6. The van der Waals surface area contributed by atoms with E-state index in [1.54, 1.807) is 83.6 Å². The summed E-state index contributed by atoms with van der Waals surface area (Å²) in [4.78, 5) is 69.1. The van der Waals surface area contributed by atoms with Gasteiger partial charge in [-0.15, -0.1) is 45.3 Å². The van der Waals surface area contributed by atoms with E-state index < -0.39 is 8.25 Å². The molecule has 97 heavy (non-hydrogen) atoms. The van der Waals surface area contributed by atoms with Gasteiger partial charge < -0.3 is 20.7 Å². The number of aromatic nitrogens is 4. The first-order valence-corrected chi connectivity index (χ1v) is 35.5. The maximum absolute atomic E-state index is 12.3. The molecular formula is C73H58Cl4N7O8PS4. The third-order valence-corrected chi connectivity index (χ3v) is 22.2. The van der Waals surface area contributed by atoms with Crippen molar-refractivity contribution >= 4 is 128 Å². The summed E-state index contributed by atoms with van der Waals surface area (Å²) in [7, 11) is -3.04. The summed E-state index contributed by atoms with van der Waals surface area (Å²) in [5.41, 5.74) is 14.4. The third kappa shape index (κ3) is 16.6. The number of hydrogen-bond donors (Lipinski definition) is 4. The first-order chi connectivity index (χ1) is 46.7. The molecule has 0 bridgehead atoms. The van der Waals surface area contributed by atoms with Gasteiger partial charge in [-0.3, -0.25) is 34.3 Å². The molecule has 4 N–H and O–H groups in total. The van der Waals surface area contributed by atoms with E-state index in [1.807, 2.05) is 146 Å². The van der Waals surface area contributed by atoms with Crippen molar-refractivity contribution < 1.29 is 40.4 Å². The minimum Gasteiger partial charge on any atom is -0.565 e. The number of amides is 2. The van der Waals surface area contributed by atoms with Crippen LogP contribution in [0.2, 0.25) is 20.1 Å². The maximum atomic E-state index is 12.3. The zero-order valence-corrected chi connectivity index (χ0v) is 57.3. The number of carbonyl (C=O) groups excluding carboxylic acids is 3. The Hall–Kier alpha value is -8.50. The van der Waals surface area contributed by atoms with Crippen molar-refractivity contribution in [2.45, 2.75) is 50.4 Å². The molecule has 0 saturated heterocycles. The summed E-state index contributed by atoms with van der Waals surface area (Å²) in [5, 5.41) is 29.7. The highest BCUT2D eigenvalue weighted by Gasteiger charge is 2.35. The van der Waals surface area contributed by atoms with Crippen molar-refractivity contribution in [2.75, 3.05) is 11.9 Å². The molecule has 5 atom stereocenters. The van der Waals surface area contributed by atoms with E-state index >= 15 is 0 Å². The van der Waals surface area contributed by atoms with Gasteiger partial charge in [0.25, 0.3) is 5.91 Å². The van der Waals surface area contributed by atoms with E-state index in [-0.39, 0.29) is 50.1 Å². The number of rotatable bonds is 9. The van der Waals surface area contributed by atoms with E-state index in [2.05, 4.69) is 64.7 Å². The molecule has 0 radical (unpaired) electrons. The number of anilines is 1. The Labute approximate surface area is 597 Å². The lowest BCUT2D eigenvalue weighted by Gasteiger charge is -2.23. The Bertz CT molecular complexity index is 4770. The molecule has 490 valence electrons. The van der Waals surface area contributed by atoms with Crippen molar-refractivity contribution in [1.29, 1.82) is 0 Å². The van der Waals surface area contributed by atoms with E-state index in [1.165, 1.54) is 28.0 Å². The second-order valence-corrected chi connectivity index (χ2v) is 28.7. The molecule has 8 aromatic heterocycles. The largest absolute Gasteiger partial charge is 0.565 e. The molecule has 10 heterocycles. The average molecular weight is 1460 g/mol. The van der Waals surface area contributed by atoms with Gasteiger partial charge >= 0.3 is 8.25 Å². The van der Waals surface area contributed by atoms with Crippen LogP contribution in [0.1, 0.15) is 121 Å². The Morgan fingerprint density at radius 2 is 0.804 bits per heavy atom. The maximum Gasteiger partial charge on any atom is 0.521 e. The van der Waals surface area contributed by atoms with Gasteiger partial charge in [-0.1, -0.05) is 108 Å². The highest BCUT2D eigenvalue weighted by Crippen LogP contribution is 2.49. The van der Waals surface area contributed by atoms with Gasteiger partial charge in [0.05, 0.1) is 25.3 Å². The first kappa shape index (κ1) is 69.8. The lowest BCUT2D eigenvalue weighted by atomic mass is 9.87. The van der Waals surface area contributed by atoms with Gasteiger partial charge in [0.1, 0.15) is 0 Å². The normalized spacial score (nSPS) is 16.7. The minimum absolute atomic E-state index is 0. The second kappa shape index (κ2) is 32.2. The smallest absolute Gasteiger partial charge is 0.521 e. The van der Waals surface area contributed by atoms with Crippen LogP contribution in [0, 0.1) is 0 Å². The fourth-order valence-corrected chi connectivity index (χ4v) is 16.9. The van der Waals surface area contributed by atoms with Crippen LogP contribution in [-0.4, -0.2) is 60.3 Å². The predicted octanol–water partition coefficient (Wildman–Crippen LogP) is 20.0. The Morgan fingerprint density at radius 1 is 0.474 bits per heavy atom. The zero-order chi connectivity index (χ0) is 66.8. The van der Waals surface area contributed by atoms with Crippen LogP contribution in [0.5, 0.6) is 0 Å². The van der Waals surface area contributed by atoms with E-state index in [0.29, 0.717) is 24.4 Å². The summed E-state index contributed by atoms with van der Waals surface area (Å²) >= 11 is 30.3. The lowest BCUT2D eigenvalue weighted by molar-refractivity contribution is -0.244. The van der Waals surface area contributed by atoms with E-state index in [4.69, 9.17) is 61.1 Å². The molecule has 24 heteroatoms. The van der Waals surface area contributed by atoms with Gasteiger partial charge in [0, 0.05) is 145 Å². The number of halogens is 4. The molecular weight excluding hydrogens is 1400 g/mol. The molecule has 2 aliphatic heterocycles. The van der Waals surface area contributed by atoms with E-state index in [0.717, 1.165) is 116 Å². The lowest BCUT2D eigenvalue weighted by Crippen LogP contribution is -2.34. The number of benzene rings is 4. The number of Topliss-reactive ketones (excluding diaryl/α,β-unsaturated/α-hetero) is 1. The second-order valence-electron chi connectivity index (χ2n) is 22.1. The molecule has 2 aliphatic carbocycles. The van der Waals surface area contributed by atoms with Crippen LogP contribution < -0.4 is 15.5 Å². The SMILES string of the molecule is C.O=C1CC(c2ccc(Cl)cc2)c2cc(-c3ccncc3)sc21.O=C1CC(c2ccc(Cl)cc2)c2cc(-c3ccncc3)sc2N1.O=C1NCC(c2ccc(Cl)cc2)c2cc(-c3ccncc3)sc21.O=[P+]([O-])OO.ON=C1CC(c2ccc(Cl)cc2)c2cc(-c3ccncc3)sc21.[HH]. The Kier molecular flexibility index (Phi) is 23.2. The van der Waals surface area contributed by atoms with Crippen LogP contribution in [0.4, 0.5) is 5.00 Å². The number of nitrogens with zero attached hydrogens (tertiary/aromatic N) is 5. The topological polar surface area (TPSA) is 229 Å². The van der Waals surface area contributed by atoms with Gasteiger partial charge in [0.2, 0.25) is 5.91 Å². The molecule has 2 amide bonds. The summed E-state index contributed by atoms with van der Waals surface area (Å²) in [6.07, 6.45) is 16.0. The number of thiophene rings is 4. The quantitative estimate of drug-likeness (QED) is 0.0458. The zero-order valence-electron chi connectivity index (χ0n) is 50.1. The number of nitrogens with one attached hydrogen (secondary N) is 2. The average Bonchev–Trinajstić information content (AvgIpc) is 1.63. The Morgan fingerprint density at radius 3 is 1.21 bits per heavy atom. The number of fused-ring (bicyclic) bond motifs is 4. The number of ketones is 1. The number of hydrogen-bond acceptors (Lipinski definition) is 17. The summed E-state index contributed by atoms with van der Waals surface area (Å²) in [6.45, 7) is 0.611. The van der Waals surface area contributed by atoms with Gasteiger partial charge in [0.15, 0.2) is 5.78 Å². The summed E-state index contributed by atoms with van der Waals surface area (Å²) in [6, 6.07) is 55.8. The molecule has 0 fully saturated rings. The molecule has 4 aromatic carbocycles. The van der Waals surface area contributed by atoms with Gasteiger partial charge in [-0.05, 0) is 193 Å². The van der Waals surface area contributed by atoms with Crippen LogP contribution >= 0.6 is 100 Å². The minimum atomic E-state index is -3.04. The molecule has 4 aliphatic rings. The summed E-state index contributed by atoms with van der Waals surface area (Å²) in [5.74, 6) is 0.887. The molecule has 0 spiro atoms. The first-order valence-electron chi connectivity index (χ1n) is 29.6. The van der Waals surface area contributed by atoms with Crippen molar-refractivity contribution in [3.63, 3.8) is 0 Å². The molecule has 16 rings (SSSR count). The molecule has 0 saturated carbocycles. The van der Waals surface area contributed by atoms with Crippen molar-refractivity contribution in [2.24, 2.45) is 5.16 Å². The number of carbonyl (C=O) groups is 3. The predicted molar refractivity (Wildman–Crippen MR) is 391 cm³/mol. The van der Waals surface area contributed by atoms with Gasteiger partial charge in [-0.25, -0.2) is 5.26 Å². The fraction of sp³-hybridized carbons (Fsp3) is 0.123. The highest BCUT2D eigenvalue weighted by atomic mass is 35.5. The van der Waals surface area contributed by atoms with Crippen LogP contribution in [0.3, 0.4) is 0 Å². The molecule has 5 unspecified atom stereocenters. The van der Waals surface area contributed by atoms with Gasteiger partial charge in [-0.2, -0.15) is 0 Å². The van der Waals surface area contributed by atoms with Crippen LogP contribution in [0.15, 0.2) is 225 Å². The molecule has 12 aromatic rings. The number of oxime groups is 1. The number of pyridine rings is 4. The Balaban J connectivity index is 0.000000137. The monoisotopic (exact) mass is 1460 g/mol. The van der Waals surface area contributed by atoms with Crippen molar-refractivity contribution in [1.82, 2.24) is 25.3 Å².